The van der Waals surface area contributed by atoms with Crippen LogP contribution in [0.5, 0.6) is 0 Å². The van der Waals surface area contributed by atoms with Crippen LogP contribution in [0.25, 0.3) is 0 Å². The van der Waals surface area contributed by atoms with Crippen LogP contribution < -0.4 is 0 Å². The molecule has 12 heavy (non-hydrogen) atoms. The number of hydrogen-bond acceptors (Lipinski definition) is 0. The van der Waals surface area contributed by atoms with Crippen molar-refractivity contribution in [3.05, 3.63) is 35.9 Å². The van der Waals surface area contributed by atoms with Crippen molar-refractivity contribution in [3.63, 3.8) is 0 Å². The molecule has 0 radical (unpaired) electrons. The van der Waals surface area contributed by atoms with E-state index in [0.717, 1.165) is 0 Å². The smallest absolute Gasteiger partial charge is 0.00499 e. The van der Waals surface area contributed by atoms with Gasteiger partial charge in [0, 0.05) is 4.43 Å². The van der Waals surface area contributed by atoms with E-state index in [1.807, 2.05) is 0 Å². The molecule has 0 fully saturated rings. The van der Waals surface area contributed by atoms with Gasteiger partial charge in [0.1, 0.15) is 0 Å². The predicted octanol–water partition coefficient (Wildman–Crippen LogP) is 3.69. The van der Waals surface area contributed by atoms with Crippen LogP contribution in [0.15, 0.2) is 30.3 Å². The molecule has 0 N–H and O–H groups in total. The summed E-state index contributed by atoms with van der Waals surface area (Å²) in [6, 6.07) is 10.7. The Labute approximate surface area is 88.5 Å². The van der Waals surface area contributed by atoms with E-state index >= 15 is 0 Å². The minimum absolute atomic E-state index is 0.432. The molecule has 1 aromatic carbocycles. The average Bonchev–Trinajstić information content (AvgIpc) is 2.06. The molecule has 0 bridgehead atoms. The number of rotatable bonds is 3. The Kier molecular flexibility index (Phi) is 3.56. The summed E-state index contributed by atoms with van der Waals surface area (Å²) in [6.07, 6.45) is 1.18. The van der Waals surface area contributed by atoms with Gasteiger partial charge in [0.2, 0.25) is 0 Å². The van der Waals surface area contributed by atoms with E-state index in [1.165, 1.54) is 16.4 Å². The van der Waals surface area contributed by atoms with Crippen LogP contribution in [-0.4, -0.2) is 4.43 Å². The Balaban J connectivity index is 2.64. The van der Waals surface area contributed by atoms with Crippen LogP contribution in [0.2, 0.25) is 0 Å². The Bertz CT molecular complexity index is 226. The number of hydrogen-bond donors (Lipinski definition) is 0. The fraction of sp³-hybridized carbons (Fsp3) is 0.455. The molecule has 1 aromatic rings. The van der Waals surface area contributed by atoms with Crippen LogP contribution in [0.3, 0.4) is 0 Å². The van der Waals surface area contributed by atoms with Gasteiger partial charge in [-0.3, -0.25) is 0 Å². The zero-order chi connectivity index (χ0) is 9.03. The first-order chi connectivity index (χ1) is 5.64. The first-order valence-electron chi connectivity index (χ1n) is 4.24. The molecule has 0 aliphatic heterocycles. The lowest BCUT2D eigenvalue weighted by atomic mass is 9.88. The summed E-state index contributed by atoms with van der Waals surface area (Å²) in [7, 11) is 0. The van der Waals surface area contributed by atoms with E-state index in [4.69, 9.17) is 0 Å². The van der Waals surface area contributed by atoms with E-state index < -0.39 is 0 Å². The molecule has 0 unspecified atom stereocenters. The highest BCUT2D eigenvalue weighted by molar-refractivity contribution is 14.1. The molecule has 0 saturated heterocycles. The molecule has 66 valence electrons. The SMILES string of the molecule is CC(C)(CI)Cc1ccccc1. The third-order valence-corrected chi connectivity index (χ3v) is 3.95. The Morgan fingerprint density at radius 2 is 1.75 bits per heavy atom. The lowest BCUT2D eigenvalue weighted by Gasteiger charge is -2.21. The zero-order valence-electron chi connectivity index (χ0n) is 7.68. The lowest BCUT2D eigenvalue weighted by Crippen LogP contribution is -2.16. The van der Waals surface area contributed by atoms with Crippen LogP contribution in [-0.2, 0) is 6.42 Å². The molecule has 1 heteroatoms. The van der Waals surface area contributed by atoms with Crippen LogP contribution in [0.1, 0.15) is 19.4 Å². The van der Waals surface area contributed by atoms with Gasteiger partial charge < -0.3 is 0 Å². The van der Waals surface area contributed by atoms with Gasteiger partial charge in [-0.2, -0.15) is 0 Å². The Hall–Kier alpha value is -0.0500. The van der Waals surface area contributed by atoms with Crippen LogP contribution in [0.4, 0.5) is 0 Å². The van der Waals surface area contributed by atoms with E-state index in [9.17, 15) is 0 Å². The van der Waals surface area contributed by atoms with Crippen molar-refractivity contribution in [2.24, 2.45) is 5.41 Å². The third-order valence-electron chi connectivity index (χ3n) is 1.89. The highest BCUT2D eigenvalue weighted by atomic mass is 127. The molecule has 1 rings (SSSR count). The molecule has 0 aliphatic rings. The normalized spacial score (nSPS) is 11.6. The van der Waals surface area contributed by atoms with Crippen molar-refractivity contribution >= 4 is 22.6 Å². The van der Waals surface area contributed by atoms with Gasteiger partial charge in [-0.25, -0.2) is 0 Å². The summed E-state index contributed by atoms with van der Waals surface area (Å²) in [4.78, 5) is 0. The fourth-order valence-corrected chi connectivity index (χ4v) is 1.47. The first-order valence-corrected chi connectivity index (χ1v) is 5.76. The summed E-state index contributed by atoms with van der Waals surface area (Å²) < 4.78 is 1.21. The first kappa shape index (κ1) is 10.0. The minimum atomic E-state index is 0.432. The van der Waals surface area contributed by atoms with E-state index in [2.05, 4.69) is 66.8 Å². The van der Waals surface area contributed by atoms with Gasteiger partial charge in [0.25, 0.3) is 0 Å². The molecular formula is C11H15I. The molecule has 0 aromatic heterocycles. The summed E-state index contributed by atoms with van der Waals surface area (Å²) in [5, 5.41) is 0. The topological polar surface area (TPSA) is 0 Å². The second kappa shape index (κ2) is 4.26. The van der Waals surface area contributed by atoms with Crippen LogP contribution in [0, 0.1) is 5.41 Å². The van der Waals surface area contributed by atoms with Gasteiger partial charge in [0.15, 0.2) is 0 Å². The zero-order valence-corrected chi connectivity index (χ0v) is 9.84. The van der Waals surface area contributed by atoms with Crippen molar-refractivity contribution in [3.8, 4) is 0 Å². The monoisotopic (exact) mass is 274 g/mol. The van der Waals surface area contributed by atoms with Gasteiger partial charge >= 0.3 is 0 Å². The highest BCUT2D eigenvalue weighted by Crippen LogP contribution is 2.23. The van der Waals surface area contributed by atoms with E-state index in [-0.39, 0.29) is 0 Å². The summed E-state index contributed by atoms with van der Waals surface area (Å²) in [6.45, 7) is 4.62. The molecule has 0 saturated carbocycles. The van der Waals surface area contributed by atoms with Crippen molar-refractivity contribution in [2.75, 3.05) is 4.43 Å². The van der Waals surface area contributed by atoms with E-state index in [0.29, 0.717) is 5.41 Å². The van der Waals surface area contributed by atoms with Crippen molar-refractivity contribution in [1.29, 1.82) is 0 Å². The maximum Gasteiger partial charge on any atom is 0.00499 e. The Morgan fingerprint density at radius 3 is 2.25 bits per heavy atom. The maximum atomic E-state index is 2.46. The number of benzene rings is 1. The number of halogens is 1. The summed E-state index contributed by atoms with van der Waals surface area (Å²) in [5.74, 6) is 0. The lowest BCUT2D eigenvalue weighted by molar-refractivity contribution is 0.429. The molecule has 0 nitrogen and oxygen atoms in total. The van der Waals surface area contributed by atoms with Gasteiger partial charge in [-0.1, -0.05) is 66.8 Å². The minimum Gasteiger partial charge on any atom is -0.0858 e. The third kappa shape index (κ3) is 3.13. The second-order valence-electron chi connectivity index (χ2n) is 3.96. The van der Waals surface area contributed by atoms with Gasteiger partial charge in [-0.15, -0.1) is 0 Å². The average molecular weight is 274 g/mol. The summed E-state index contributed by atoms with van der Waals surface area (Å²) >= 11 is 2.46. The molecule has 0 spiro atoms. The van der Waals surface area contributed by atoms with Crippen molar-refractivity contribution < 1.29 is 0 Å². The van der Waals surface area contributed by atoms with Crippen molar-refractivity contribution in [2.45, 2.75) is 20.3 Å². The predicted molar refractivity (Wildman–Crippen MR) is 62.8 cm³/mol. The second-order valence-corrected chi connectivity index (χ2v) is 4.72. The van der Waals surface area contributed by atoms with Gasteiger partial charge in [0.05, 0.1) is 0 Å². The highest BCUT2D eigenvalue weighted by Gasteiger charge is 2.15. The Morgan fingerprint density at radius 1 is 1.17 bits per heavy atom. The number of alkyl halides is 1. The maximum absolute atomic E-state index is 2.46. The standard InChI is InChI=1S/C11H15I/c1-11(2,9-12)8-10-6-4-3-5-7-10/h3-7H,8-9H2,1-2H3. The molecular weight excluding hydrogens is 259 g/mol. The van der Waals surface area contributed by atoms with Gasteiger partial charge in [-0.05, 0) is 17.4 Å². The van der Waals surface area contributed by atoms with Crippen LogP contribution >= 0.6 is 22.6 Å². The quantitative estimate of drug-likeness (QED) is 0.582. The molecule has 0 aliphatic carbocycles. The molecule has 0 amide bonds. The molecule has 0 atom stereocenters. The fourth-order valence-electron chi connectivity index (χ4n) is 1.20. The van der Waals surface area contributed by atoms with Crippen molar-refractivity contribution in [1.82, 2.24) is 0 Å². The molecule has 0 heterocycles. The largest absolute Gasteiger partial charge is 0.0858 e. The summed E-state index contributed by atoms with van der Waals surface area (Å²) in [5.41, 5.74) is 1.88. The van der Waals surface area contributed by atoms with E-state index in [1.54, 1.807) is 0 Å².